The summed E-state index contributed by atoms with van der Waals surface area (Å²) in [6, 6.07) is 22.0. The molecule has 3 unspecified atom stereocenters. The maximum Gasteiger partial charge on any atom is 0.113 e. The van der Waals surface area contributed by atoms with Gasteiger partial charge < -0.3 is 4.55 Å². The molecule has 0 aliphatic rings. The van der Waals surface area contributed by atoms with Crippen molar-refractivity contribution in [1.82, 2.24) is 0 Å². The molecule has 0 aliphatic carbocycles. The number of nitriles is 1. The van der Waals surface area contributed by atoms with Crippen LogP contribution in [-0.4, -0.2) is 16.6 Å². The van der Waals surface area contributed by atoms with Crippen LogP contribution in [0.1, 0.15) is 23.0 Å². The van der Waals surface area contributed by atoms with Crippen molar-refractivity contribution in [1.29, 1.82) is 5.26 Å². The minimum atomic E-state index is -0.943. The Labute approximate surface area is 123 Å². The average molecular weight is 283 g/mol. The van der Waals surface area contributed by atoms with E-state index in [1.807, 2.05) is 60.7 Å². The van der Waals surface area contributed by atoms with Gasteiger partial charge in [0.1, 0.15) is 5.75 Å². The summed E-state index contributed by atoms with van der Waals surface area (Å²) in [5.74, 6) is 0.175. The molecular formula is C17H17NOS. The van der Waals surface area contributed by atoms with Crippen LogP contribution in [0.4, 0.5) is 0 Å². The molecule has 0 saturated heterocycles. The lowest BCUT2D eigenvalue weighted by molar-refractivity contribution is 0.585. The lowest BCUT2D eigenvalue weighted by Crippen LogP contribution is -2.19. The summed E-state index contributed by atoms with van der Waals surface area (Å²) in [5, 5.41) is 9.58. The lowest BCUT2D eigenvalue weighted by Gasteiger charge is -2.22. The second kappa shape index (κ2) is 7.14. The molecule has 2 aromatic carbocycles. The Morgan fingerprint density at radius 3 is 1.95 bits per heavy atom. The molecular weight excluding hydrogens is 266 g/mol. The van der Waals surface area contributed by atoms with Crippen LogP contribution in [0.15, 0.2) is 60.7 Å². The number of benzene rings is 2. The van der Waals surface area contributed by atoms with Gasteiger partial charge in [0.15, 0.2) is 0 Å². The van der Waals surface area contributed by atoms with E-state index in [1.165, 1.54) is 0 Å². The zero-order valence-corrected chi connectivity index (χ0v) is 12.2. The molecule has 0 N–H and O–H groups in total. The van der Waals surface area contributed by atoms with Gasteiger partial charge in [-0.1, -0.05) is 71.8 Å². The monoisotopic (exact) mass is 283 g/mol. The highest BCUT2D eigenvalue weighted by molar-refractivity contribution is 7.90. The first-order valence-corrected chi connectivity index (χ1v) is 8.24. The van der Waals surface area contributed by atoms with Crippen LogP contribution in [0.2, 0.25) is 0 Å². The Bertz CT molecular complexity index is 563. The molecule has 0 spiro atoms. The fraction of sp³-hybridized carbons (Fsp3) is 0.235. The van der Waals surface area contributed by atoms with Crippen LogP contribution in [0.5, 0.6) is 0 Å². The van der Waals surface area contributed by atoms with Crippen LogP contribution in [0.3, 0.4) is 0 Å². The molecule has 2 aromatic rings. The van der Waals surface area contributed by atoms with Crippen molar-refractivity contribution in [2.24, 2.45) is 0 Å². The smallest absolute Gasteiger partial charge is 0.113 e. The minimum absolute atomic E-state index is 0.0468. The summed E-state index contributed by atoms with van der Waals surface area (Å²) >= 11 is -0.943. The topological polar surface area (TPSA) is 46.8 Å². The molecule has 0 fully saturated rings. The minimum Gasteiger partial charge on any atom is -0.617 e. The Balaban J connectivity index is 2.37. The largest absolute Gasteiger partial charge is 0.617 e. The van der Waals surface area contributed by atoms with E-state index in [0.29, 0.717) is 5.75 Å². The van der Waals surface area contributed by atoms with Crippen LogP contribution >= 0.6 is 0 Å². The predicted molar refractivity (Wildman–Crippen MR) is 82.9 cm³/mol. The summed E-state index contributed by atoms with van der Waals surface area (Å²) in [6.45, 7) is 0. The average Bonchev–Trinajstić information content (AvgIpc) is 2.49. The highest BCUT2D eigenvalue weighted by Gasteiger charge is 2.27. The normalized spacial score (nSPS) is 15.1. The van der Waals surface area contributed by atoms with Crippen molar-refractivity contribution in [2.75, 3.05) is 12.0 Å². The first kappa shape index (κ1) is 14.6. The SMILES string of the molecule is C[S+]([O-])CC(c1ccccc1)C(C#N)c1ccccc1. The first-order chi connectivity index (χ1) is 9.72. The quantitative estimate of drug-likeness (QED) is 0.789. The fourth-order valence-corrected chi connectivity index (χ4v) is 3.29. The van der Waals surface area contributed by atoms with E-state index in [2.05, 4.69) is 6.07 Å². The van der Waals surface area contributed by atoms with E-state index in [4.69, 9.17) is 0 Å². The van der Waals surface area contributed by atoms with Crippen molar-refractivity contribution in [3.8, 4) is 6.07 Å². The number of nitrogens with zero attached hydrogens (tertiary/aromatic N) is 1. The molecule has 3 heteroatoms. The van der Waals surface area contributed by atoms with Crippen LogP contribution in [0.25, 0.3) is 0 Å². The Kier molecular flexibility index (Phi) is 5.23. The molecule has 0 aliphatic heterocycles. The molecule has 0 amide bonds. The summed E-state index contributed by atoms with van der Waals surface area (Å²) in [7, 11) is 0. The molecule has 0 radical (unpaired) electrons. The molecule has 0 aromatic heterocycles. The van der Waals surface area contributed by atoms with Gasteiger partial charge in [0, 0.05) is 5.92 Å². The third-order valence-electron chi connectivity index (χ3n) is 3.34. The zero-order chi connectivity index (χ0) is 14.4. The molecule has 0 bridgehead atoms. The van der Waals surface area contributed by atoms with Crippen molar-refractivity contribution in [3.05, 3.63) is 71.8 Å². The maximum absolute atomic E-state index is 11.7. The van der Waals surface area contributed by atoms with E-state index in [0.717, 1.165) is 11.1 Å². The van der Waals surface area contributed by atoms with Gasteiger partial charge in [-0.05, 0) is 11.1 Å². The van der Waals surface area contributed by atoms with Crippen LogP contribution in [-0.2, 0) is 11.2 Å². The predicted octanol–water partition coefficient (Wildman–Crippen LogP) is 3.46. The molecule has 0 saturated carbocycles. The Hall–Kier alpha value is -1.76. The van der Waals surface area contributed by atoms with Crippen LogP contribution < -0.4 is 0 Å². The van der Waals surface area contributed by atoms with Gasteiger partial charge in [-0.2, -0.15) is 5.26 Å². The van der Waals surface area contributed by atoms with Crippen molar-refractivity contribution < 1.29 is 4.55 Å². The second-order valence-electron chi connectivity index (χ2n) is 4.77. The molecule has 102 valence electrons. The van der Waals surface area contributed by atoms with E-state index in [9.17, 15) is 9.81 Å². The highest BCUT2D eigenvalue weighted by Crippen LogP contribution is 2.33. The second-order valence-corrected chi connectivity index (χ2v) is 6.25. The van der Waals surface area contributed by atoms with Crippen molar-refractivity contribution in [2.45, 2.75) is 11.8 Å². The van der Waals surface area contributed by atoms with Gasteiger partial charge in [-0.15, -0.1) is 0 Å². The fourth-order valence-electron chi connectivity index (χ4n) is 2.40. The molecule has 2 nitrogen and oxygen atoms in total. The zero-order valence-electron chi connectivity index (χ0n) is 11.4. The molecule has 20 heavy (non-hydrogen) atoms. The van der Waals surface area contributed by atoms with Gasteiger partial charge in [0.25, 0.3) is 0 Å². The maximum atomic E-state index is 11.7. The van der Waals surface area contributed by atoms with Crippen molar-refractivity contribution in [3.63, 3.8) is 0 Å². The summed E-state index contributed by atoms with van der Waals surface area (Å²) < 4.78 is 11.7. The van der Waals surface area contributed by atoms with E-state index in [-0.39, 0.29) is 11.8 Å². The van der Waals surface area contributed by atoms with E-state index in [1.54, 1.807) is 6.26 Å². The molecule has 3 atom stereocenters. The number of hydrogen-bond donors (Lipinski definition) is 0. The van der Waals surface area contributed by atoms with E-state index < -0.39 is 11.2 Å². The standard InChI is InChI=1S/C17H17NOS/c1-20(19)13-17(15-10-6-3-7-11-15)16(12-18)14-8-4-2-5-9-14/h2-11,16-17H,13H2,1H3. The van der Waals surface area contributed by atoms with Gasteiger partial charge in [0.2, 0.25) is 0 Å². The summed E-state index contributed by atoms with van der Waals surface area (Å²) in [6.07, 6.45) is 1.69. The first-order valence-electron chi connectivity index (χ1n) is 6.52. The van der Waals surface area contributed by atoms with Gasteiger partial charge in [0.05, 0.1) is 18.2 Å². The third-order valence-corrected chi connectivity index (χ3v) is 4.17. The Morgan fingerprint density at radius 1 is 1.00 bits per heavy atom. The Morgan fingerprint density at radius 2 is 1.50 bits per heavy atom. The lowest BCUT2D eigenvalue weighted by atomic mass is 9.83. The van der Waals surface area contributed by atoms with Gasteiger partial charge in [-0.25, -0.2) is 0 Å². The highest BCUT2D eigenvalue weighted by atomic mass is 32.2. The molecule has 0 heterocycles. The van der Waals surface area contributed by atoms with Gasteiger partial charge in [-0.3, -0.25) is 0 Å². The van der Waals surface area contributed by atoms with Crippen LogP contribution in [0, 0.1) is 11.3 Å². The van der Waals surface area contributed by atoms with Gasteiger partial charge >= 0.3 is 0 Å². The molecule has 2 rings (SSSR count). The summed E-state index contributed by atoms with van der Waals surface area (Å²) in [4.78, 5) is 0. The summed E-state index contributed by atoms with van der Waals surface area (Å²) in [5.41, 5.74) is 2.05. The van der Waals surface area contributed by atoms with Crippen molar-refractivity contribution >= 4 is 11.2 Å². The third kappa shape index (κ3) is 3.63. The number of hydrogen-bond acceptors (Lipinski definition) is 2. The number of rotatable bonds is 5. The van der Waals surface area contributed by atoms with E-state index >= 15 is 0 Å².